The molecule has 4 saturated heterocycles. The van der Waals surface area contributed by atoms with Crippen molar-refractivity contribution in [3.63, 3.8) is 0 Å². The van der Waals surface area contributed by atoms with Crippen LogP contribution < -0.4 is 5.32 Å². The van der Waals surface area contributed by atoms with Gasteiger partial charge in [0.05, 0.1) is 0 Å². The molecule has 102 valence electrons. The molecule has 3 nitrogen and oxygen atoms in total. The van der Waals surface area contributed by atoms with Gasteiger partial charge in [0.25, 0.3) is 0 Å². The topological polar surface area (TPSA) is 18.5 Å². The van der Waals surface area contributed by atoms with Gasteiger partial charge < -0.3 is 10.2 Å². The molecule has 0 aromatic rings. The van der Waals surface area contributed by atoms with Gasteiger partial charge in [0.1, 0.15) is 0 Å². The zero-order chi connectivity index (χ0) is 12.1. The summed E-state index contributed by atoms with van der Waals surface area (Å²) in [5.41, 5.74) is 0. The van der Waals surface area contributed by atoms with Crippen molar-refractivity contribution in [1.29, 1.82) is 0 Å². The quantitative estimate of drug-likeness (QED) is 0.796. The van der Waals surface area contributed by atoms with E-state index in [-0.39, 0.29) is 0 Å². The molecule has 4 bridgehead atoms. The van der Waals surface area contributed by atoms with Gasteiger partial charge in [-0.1, -0.05) is 0 Å². The molecule has 4 aliphatic rings. The van der Waals surface area contributed by atoms with Crippen LogP contribution in [0.5, 0.6) is 0 Å². The summed E-state index contributed by atoms with van der Waals surface area (Å²) in [7, 11) is 2.35. The van der Waals surface area contributed by atoms with Gasteiger partial charge in [-0.25, -0.2) is 0 Å². The predicted octanol–water partition coefficient (Wildman–Crippen LogP) is 1.30. The van der Waals surface area contributed by atoms with E-state index in [2.05, 4.69) is 22.2 Å². The van der Waals surface area contributed by atoms with Crippen LogP contribution >= 0.6 is 0 Å². The van der Waals surface area contributed by atoms with Gasteiger partial charge in [-0.05, 0) is 58.0 Å². The maximum Gasteiger partial charge on any atom is 0.0223 e. The molecule has 0 aromatic carbocycles. The molecule has 4 heterocycles. The summed E-state index contributed by atoms with van der Waals surface area (Å²) < 4.78 is 0. The monoisotopic (exact) mass is 249 g/mol. The van der Waals surface area contributed by atoms with Crippen LogP contribution in [0.1, 0.15) is 38.5 Å². The van der Waals surface area contributed by atoms with Crippen molar-refractivity contribution in [2.24, 2.45) is 5.92 Å². The lowest BCUT2D eigenvalue weighted by Gasteiger charge is -2.30. The summed E-state index contributed by atoms with van der Waals surface area (Å²) in [5, 5.41) is 3.79. The fourth-order valence-electron chi connectivity index (χ4n) is 5.02. The van der Waals surface area contributed by atoms with Crippen LogP contribution in [0.3, 0.4) is 0 Å². The van der Waals surface area contributed by atoms with E-state index in [1.807, 2.05) is 0 Å². The highest BCUT2D eigenvalue weighted by Gasteiger charge is 2.41. The van der Waals surface area contributed by atoms with Crippen molar-refractivity contribution >= 4 is 0 Å². The second kappa shape index (κ2) is 4.46. The molecule has 1 N–H and O–H groups in total. The Morgan fingerprint density at radius 1 is 1.06 bits per heavy atom. The molecule has 0 aromatic heterocycles. The van der Waals surface area contributed by atoms with Crippen LogP contribution in [0.25, 0.3) is 0 Å². The average molecular weight is 249 g/mol. The highest BCUT2D eigenvalue weighted by molar-refractivity contribution is 4.99. The number of fused-ring (bicyclic) bond motifs is 4. The molecule has 0 amide bonds. The van der Waals surface area contributed by atoms with Crippen molar-refractivity contribution in [2.45, 2.75) is 62.7 Å². The molecule has 18 heavy (non-hydrogen) atoms. The summed E-state index contributed by atoms with van der Waals surface area (Å²) in [6.45, 7) is 4.05. The molecule has 0 spiro atoms. The van der Waals surface area contributed by atoms with Crippen LogP contribution in [0, 0.1) is 5.92 Å². The molecule has 4 rings (SSSR count). The number of hydrogen-bond donors (Lipinski definition) is 1. The molecule has 0 aliphatic carbocycles. The third-order valence-electron chi connectivity index (χ3n) is 6.16. The fourth-order valence-corrected chi connectivity index (χ4v) is 5.02. The first kappa shape index (κ1) is 11.7. The zero-order valence-corrected chi connectivity index (χ0v) is 11.6. The van der Waals surface area contributed by atoms with E-state index in [0.717, 1.165) is 30.1 Å². The summed E-state index contributed by atoms with van der Waals surface area (Å²) in [4.78, 5) is 5.45. The van der Waals surface area contributed by atoms with Crippen LogP contribution in [0.4, 0.5) is 0 Å². The predicted molar refractivity (Wildman–Crippen MR) is 73.7 cm³/mol. The Morgan fingerprint density at radius 2 is 1.94 bits per heavy atom. The minimum atomic E-state index is 0.851. The van der Waals surface area contributed by atoms with Gasteiger partial charge in [-0.15, -0.1) is 0 Å². The van der Waals surface area contributed by atoms with E-state index in [9.17, 15) is 0 Å². The molecule has 5 atom stereocenters. The van der Waals surface area contributed by atoms with E-state index in [4.69, 9.17) is 0 Å². The normalized spacial score (nSPS) is 48.8. The number of nitrogens with one attached hydrogen (secondary N) is 1. The van der Waals surface area contributed by atoms with Crippen molar-refractivity contribution < 1.29 is 0 Å². The van der Waals surface area contributed by atoms with Crippen molar-refractivity contribution in [3.8, 4) is 0 Å². The first-order chi connectivity index (χ1) is 8.79. The van der Waals surface area contributed by atoms with E-state index >= 15 is 0 Å². The number of hydrogen-bond acceptors (Lipinski definition) is 3. The largest absolute Gasteiger partial charge is 0.311 e. The Kier molecular flexibility index (Phi) is 2.90. The number of rotatable bonds is 2. The Balaban J connectivity index is 1.38. The van der Waals surface area contributed by atoms with Crippen molar-refractivity contribution in [3.05, 3.63) is 0 Å². The van der Waals surface area contributed by atoms with Crippen molar-refractivity contribution in [2.75, 3.05) is 26.7 Å². The third-order valence-corrected chi connectivity index (χ3v) is 6.16. The maximum absolute atomic E-state index is 3.79. The summed E-state index contributed by atoms with van der Waals surface area (Å²) in [6.07, 6.45) is 8.62. The highest BCUT2D eigenvalue weighted by Crippen LogP contribution is 2.35. The van der Waals surface area contributed by atoms with E-state index in [0.29, 0.717) is 0 Å². The van der Waals surface area contributed by atoms with Gasteiger partial charge in [0.15, 0.2) is 0 Å². The lowest BCUT2D eigenvalue weighted by Crippen LogP contribution is -2.40. The molecule has 4 fully saturated rings. The molecular weight excluding hydrogens is 222 g/mol. The number of nitrogens with zero attached hydrogens (tertiary/aromatic N) is 2. The molecule has 0 saturated carbocycles. The molecule has 5 unspecified atom stereocenters. The Labute approximate surface area is 111 Å². The first-order valence-electron chi connectivity index (χ1n) is 8.00. The fraction of sp³-hybridized carbons (Fsp3) is 1.00. The minimum Gasteiger partial charge on any atom is -0.311 e. The molecule has 4 aliphatic heterocycles. The van der Waals surface area contributed by atoms with Gasteiger partial charge in [-0.3, -0.25) is 4.90 Å². The van der Waals surface area contributed by atoms with Crippen LogP contribution in [-0.2, 0) is 0 Å². The Morgan fingerprint density at radius 3 is 2.72 bits per heavy atom. The zero-order valence-electron chi connectivity index (χ0n) is 11.6. The first-order valence-corrected chi connectivity index (χ1v) is 8.00. The number of likely N-dealkylation sites (tertiary alicyclic amines) is 1. The van der Waals surface area contributed by atoms with Gasteiger partial charge in [-0.2, -0.15) is 0 Å². The highest BCUT2D eigenvalue weighted by atomic mass is 15.3. The summed E-state index contributed by atoms with van der Waals surface area (Å²) in [6, 6.07) is 3.46. The maximum atomic E-state index is 3.79. The van der Waals surface area contributed by atoms with Gasteiger partial charge in [0.2, 0.25) is 0 Å². The Bertz CT molecular complexity index is 319. The summed E-state index contributed by atoms with van der Waals surface area (Å²) in [5.74, 6) is 0.950. The Hall–Kier alpha value is -0.120. The third kappa shape index (κ3) is 1.91. The SMILES string of the molecule is CN1C2CCC1CN(CC1CC3CCC1N3)CC2. The van der Waals surface area contributed by atoms with Crippen LogP contribution in [-0.4, -0.2) is 60.6 Å². The second-order valence-electron chi connectivity index (χ2n) is 7.14. The van der Waals surface area contributed by atoms with E-state index in [1.54, 1.807) is 0 Å². The van der Waals surface area contributed by atoms with Gasteiger partial charge >= 0.3 is 0 Å². The van der Waals surface area contributed by atoms with Gasteiger partial charge in [0, 0.05) is 37.3 Å². The minimum absolute atomic E-state index is 0.851. The molecule has 3 heteroatoms. The smallest absolute Gasteiger partial charge is 0.0223 e. The summed E-state index contributed by atoms with van der Waals surface area (Å²) >= 11 is 0. The van der Waals surface area contributed by atoms with Crippen LogP contribution in [0.2, 0.25) is 0 Å². The lowest BCUT2D eigenvalue weighted by molar-refractivity contribution is 0.186. The van der Waals surface area contributed by atoms with Crippen molar-refractivity contribution in [1.82, 2.24) is 15.1 Å². The number of likely N-dealkylation sites (N-methyl/N-ethyl adjacent to an activating group) is 1. The standard InChI is InChI=1S/C15H27N3/c1-17-13-3-4-14(17)10-18(7-6-13)9-11-8-12-2-5-15(11)16-12/h11-16H,2-10H2,1H3. The second-order valence-corrected chi connectivity index (χ2v) is 7.14. The van der Waals surface area contributed by atoms with E-state index in [1.165, 1.54) is 58.2 Å². The molecule has 0 radical (unpaired) electrons. The molecular formula is C15H27N3. The average Bonchev–Trinajstić information content (AvgIpc) is 2.99. The van der Waals surface area contributed by atoms with E-state index < -0.39 is 0 Å². The van der Waals surface area contributed by atoms with Crippen LogP contribution in [0.15, 0.2) is 0 Å². The lowest BCUT2D eigenvalue weighted by atomic mass is 9.88.